The fourth-order valence-electron chi connectivity index (χ4n) is 13.2. The first-order valence-corrected chi connectivity index (χ1v) is 36.2. The van der Waals surface area contributed by atoms with Crippen LogP contribution >= 0.6 is 11.8 Å². The molecular weight excluding hydrogens is 1140 g/mol. The molecule has 7 rings (SSSR count). The molecule has 0 aromatic carbocycles. The molecule has 0 aromatic heterocycles. The van der Waals surface area contributed by atoms with Crippen molar-refractivity contribution in [2.45, 2.75) is 272 Å². The Hall–Kier alpha value is -3.07. The highest BCUT2D eigenvalue weighted by molar-refractivity contribution is 7.99. The van der Waals surface area contributed by atoms with Crippen molar-refractivity contribution in [1.29, 1.82) is 0 Å². The van der Waals surface area contributed by atoms with Crippen LogP contribution in [0.25, 0.3) is 0 Å². The van der Waals surface area contributed by atoms with E-state index < -0.39 is 0 Å². The highest BCUT2D eigenvalue weighted by atomic mass is 32.2. The van der Waals surface area contributed by atoms with Crippen LogP contribution in [-0.4, -0.2) is 231 Å². The van der Waals surface area contributed by atoms with E-state index in [1.165, 1.54) is 25.0 Å². The van der Waals surface area contributed by atoms with E-state index in [1.807, 2.05) is 75.9 Å². The average Bonchev–Trinajstić information content (AvgIpc) is 3.85. The molecule has 18 nitrogen and oxygen atoms in total. The molecule has 0 spiro atoms. The van der Waals surface area contributed by atoms with Gasteiger partial charge in [0, 0.05) is 81.8 Å². The number of rotatable bonds is 12. The number of nitrogens with zero attached hydrogens (tertiary/aromatic N) is 6. The molecule has 7 saturated heterocycles. The molecule has 6 amide bonds. The number of carbonyl (C=O) groups is 6. The van der Waals surface area contributed by atoms with E-state index in [9.17, 15) is 28.8 Å². The number of amides is 6. The van der Waals surface area contributed by atoms with Gasteiger partial charge in [0.15, 0.2) is 0 Å². The number of nitrogens with one attached hydrogen (secondary N) is 6. The molecule has 7 fully saturated rings. The fourth-order valence-corrected chi connectivity index (χ4v) is 14.5. The van der Waals surface area contributed by atoms with Crippen LogP contribution in [0, 0.1) is 35.0 Å². The molecule has 0 aliphatic carbocycles. The number of thioether (sulfide) groups is 1. The van der Waals surface area contributed by atoms with Gasteiger partial charge < -0.3 is 61.3 Å². The topological polar surface area (TPSA) is 194 Å². The van der Waals surface area contributed by atoms with Gasteiger partial charge in [-0.05, 0) is 235 Å². The summed E-state index contributed by atoms with van der Waals surface area (Å²) in [6.45, 7) is 41.9. The molecule has 12 unspecified atom stereocenters. The summed E-state index contributed by atoms with van der Waals surface area (Å²) in [5.41, 5.74) is 0.174. The molecule has 520 valence electrons. The van der Waals surface area contributed by atoms with Gasteiger partial charge in [0.1, 0.15) is 0 Å². The molecule has 6 N–H and O–H groups in total. The van der Waals surface area contributed by atoms with Crippen LogP contribution < -0.4 is 31.9 Å². The predicted molar refractivity (Wildman–Crippen MR) is 373 cm³/mol. The lowest BCUT2D eigenvalue weighted by atomic mass is 9.83. The second kappa shape index (κ2) is 40.2. The Labute approximate surface area is 549 Å². The lowest BCUT2D eigenvalue weighted by Crippen LogP contribution is -2.53. The van der Waals surface area contributed by atoms with E-state index in [-0.39, 0.29) is 82.3 Å². The Balaban J connectivity index is 0.000000366. The van der Waals surface area contributed by atoms with Gasteiger partial charge in [0.2, 0.25) is 35.4 Å². The monoisotopic (exact) mass is 1280 g/mol. The van der Waals surface area contributed by atoms with Crippen LogP contribution in [0.3, 0.4) is 0 Å². The summed E-state index contributed by atoms with van der Waals surface area (Å²) in [5, 5.41) is 19.4. The highest BCUT2D eigenvalue weighted by Crippen LogP contribution is 2.33. The van der Waals surface area contributed by atoms with Crippen LogP contribution in [-0.2, 0) is 28.8 Å². The Morgan fingerprint density at radius 3 is 1.33 bits per heavy atom. The van der Waals surface area contributed by atoms with E-state index in [0.717, 1.165) is 136 Å². The van der Waals surface area contributed by atoms with Gasteiger partial charge in [-0.3, -0.25) is 28.8 Å². The zero-order valence-corrected chi connectivity index (χ0v) is 62.0. The second-order valence-electron chi connectivity index (χ2n) is 30.3. The van der Waals surface area contributed by atoms with Crippen molar-refractivity contribution in [1.82, 2.24) is 61.3 Å². The second-order valence-corrected chi connectivity index (χ2v) is 31.7. The standard InChI is InChI=1S/C15H28N2OS.C13H26N2O.C12H24N2O.C11H22N2O.C10H20N2O.C9H18N2O/c1-15(2)7-8-17(14(18)13(10-15)16-3)11-12-6-4-5-9-19-12;1-6-13(3,4)15-9-10(2)7-8-11(14-5)12(15)16;1-9-6-7-10(13-5)11(15)14(8-9)12(2,3)4;1-8(2)13-7-9(3)5-6-10(12-4)11(13)14;1-4-12-7-8(2)5-6-9(11-3)10(12)13;1-7-4-5-8(10-2)9(12)11(3)6-7/h12-13,16H,4-11H2,1-3H3;10-11,14H,6-9H2,1-5H3;9-10,13H,6-8H2,1-5H3;8-10,12H,5-7H2,1-4H3;8-9,11H,4-7H2,1-3H3;7-8,10H,4-6H2,1-3H3. The minimum atomic E-state index is -0.0647. The number of carbonyl (C=O) groups excluding carboxylic acids is 6. The zero-order valence-electron chi connectivity index (χ0n) is 61.2. The van der Waals surface area contributed by atoms with Gasteiger partial charge in [-0.2, -0.15) is 11.8 Å². The van der Waals surface area contributed by atoms with Crippen molar-refractivity contribution in [3.63, 3.8) is 0 Å². The molecular formula is C70H138N12O6S. The Bertz CT molecular complexity index is 2090. The molecule has 0 aromatic rings. The largest absolute Gasteiger partial charge is 0.344 e. The van der Waals surface area contributed by atoms with Gasteiger partial charge in [0.25, 0.3) is 0 Å². The van der Waals surface area contributed by atoms with E-state index in [4.69, 9.17) is 0 Å². The highest BCUT2D eigenvalue weighted by Gasteiger charge is 2.39. The number of hydrogen-bond acceptors (Lipinski definition) is 13. The number of likely N-dealkylation sites (tertiary alicyclic amines) is 6. The Kier molecular flexibility index (Phi) is 37.1. The maximum atomic E-state index is 12.6. The van der Waals surface area contributed by atoms with Crippen molar-refractivity contribution in [2.24, 2.45) is 35.0 Å². The van der Waals surface area contributed by atoms with Crippen LogP contribution in [0.1, 0.15) is 214 Å². The number of likely N-dealkylation sites (N-methyl/N-ethyl adjacent to an activating group) is 8. The minimum absolute atomic E-state index is 0.00564. The lowest BCUT2D eigenvalue weighted by Gasteiger charge is -2.39. The van der Waals surface area contributed by atoms with Crippen LogP contribution in [0.4, 0.5) is 0 Å². The third-order valence-corrected chi connectivity index (χ3v) is 21.4. The average molecular weight is 1280 g/mol. The summed E-state index contributed by atoms with van der Waals surface area (Å²) in [5.74, 6) is 6.02. The molecule has 7 aliphatic heterocycles. The third kappa shape index (κ3) is 27.4. The minimum Gasteiger partial charge on any atom is -0.344 e. The fraction of sp³-hybridized carbons (Fsp3) is 0.914. The number of hydrogen-bond donors (Lipinski definition) is 6. The van der Waals surface area contributed by atoms with E-state index in [2.05, 4.69) is 157 Å². The van der Waals surface area contributed by atoms with Crippen molar-refractivity contribution in [3.8, 4) is 0 Å². The quantitative estimate of drug-likeness (QED) is 0.109. The van der Waals surface area contributed by atoms with Crippen molar-refractivity contribution in [2.75, 3.05) is 107 Å². The predicted octanol–water partition coefficient (Wildman–Crippen LogP) is 8.72. The van der Waals surface area contributed by atoms with Crippen molar-refractivity contribution in [3.05, 3.63) is 0 Å². The molecule has 0 saturated carbocycles. The van der Waals surface area contributed by atoms with Gasteiger partial charge >= 0.3 is 0 Å². The summed E-state index contributed by atoms with van der Waals surface area (Å²) < 4.78 is 0. The molecule has 12 atom stereocenters. The first kappa shape index (κ1) is 82.0. The first-order chi connectivity index (χ1) is 41.7. The normalized spacial score (nSPS) is 30.2. The summed E-state index contributed by atoms with van der Waals surface area (Å²) in [7, 11) is 13.1. The van der Waals surface area contributed by atoms with Crippen LogP contribution in [0.15, 0.2) is 0 Å². The van der Waals surface area contributed by atoms with Crippen molar-refractivity contribution < 1.29 is 28.8 Å². The molecule has 7 aliphatic rings. The zero-order chi connectivity index (χ0) is 67.6. The molecule has 89 heavy (non-hydrogen) atoms. The van der Waals surface area contributed by atoms with Gasteiger partial charge in [-0.1, -0.05) is 61.8 Å². The molecule has 0 radical (unpaired) electrons. The first-order valence-electron chi connectivity index (χ1n) is 35.1. The molecule has 19 heteroatoms. The van der Waals surface area contributed by atoms with Gasteiger partial charge in [-0.15, -0.1) is 0 Å². The summed E-state index contributed by atoms with van der Waals surface area (Å²) in [6, 6.07) is 0.460. The Morgan fingerprint density at radius 1 is 0.494 bits per heavy atom. The Morgan fingerprint density at radius 2 is 0.899 bits per heavy atom. The van der Waals surface area contributed by atoms with Gasteiger partial charge in [-0.25, -0.2) is 0 Å². The van der Waals surface area contributed by atoms with E-state index in [0.29, 0.717) is 46.8 Å². The third-order valence-electron chi connectivity index (χ3n) is 20.0. The summed E-state index contributed by atoms with van der Waals surface area (Å²) >= 11 is 2.06. The lowest BCUT2D eigenvalue weighted by molar-refractivity contribution is -0.139. The van der Waals surface area contributed by atoms with Crippen LogP contribution in [0.5, 0.6) is 0 Å². The smallest absolute Gasteiger partial charge is 0.240 e. The maximum Gasteiger partial charge on any atom is 0.240 e. The van der Waals surface area contributed by atoms with Crippen molar-refractivity contribution >= 4 is 47.2 Å². The van der Waals surface area contributed by atoms with E-state index >= 15 is 0 Å². The van der Waals surface area contributed by atoms with E-state index in [1.54, 1.807) is 0 Å². The summed E-state index contributed by atoms with van der Waals surface area (Å²) in [4.78, 5) is 84.7. The molecule has 7 heterocycles. The SMILES string of the molecule is CCC(C)(C)N1CC(C)CCC(NC)C1=O.CCN1CC(C)CCC(NC)C1=O.CNC1CC(C)(C)CCN(CC2CCCCS2)C1=O.CNC1CCC(C)CN(C(C)(C)C)C1=O.CNC1CCC(C)CN(C(C)C)C1=O.CNC1CCC(C)CN(C)C1=O. The maximum absolute atomic E-state index is 12.6. The summed E-state index contributed by atoms with van der Waals surface area (Å²) in [6.07, 6.45) is 17.6. The molecule has 0 bridgehead atoms. The van der Waals surface area contributed by atoms with Crippen LogP contribution in [0.2, 0.25) is 0 Å². The van der Waals surface area contributed by atoms with Gasteiger partial charge in [0.05, 0.1) is 36.3 Å².